The van der Waals surface area contributed by atoms with Gasteiger partial charge in [0, 0.05) is 33.0 Å². The minimum absolute atomic E-state index is 0.00739. The van der Waals surface area contributed by atoms with Crippen LogP contribution in [0.15, 0.2) is 182 Å². The number of para-hydroxylation sites is 1. The molecule has 0 unspecified atom stereocenters. The Labute approximate surface area is 304 Å². The molecule has 9 aromatic rings. The largest absolute Gasteiger partial charge is 0.309 e. The number of hydrogen-bond donors (Lipinski definition) is 0. The van der Waals surface area contributed by atoms with Crippen LogP contribution in [0.4, 0.5) is 0 Å². The van der Waals surface area contributed by atoms with Crippen LogP contribution in [0.25, 0.3) is 83.4 Å². The SMILES string of the molecule is CC1(C)c2ccccc2-c2cc(-c3ccc4c(c3)c3ccc(-c5cc(-c6ccccc6)cc(-c6ccccc6)n5)cc3n4-c3ccccc3)ccc21. The molecule has 2 nitrogen and oxygen atoms in total. The van der Waals surface area contributed by atoms with Gasteiger partial charge in [-0.15, -0.1) is 0 Å². The Morgan fingerprint density at radius 2 is 0.981 bits per heavy atom. The molecule has 2 heteroatoms. The third-order valence-electron chi connectivity index (χ3n) is 11.0. The number of pyridine rings is 1. The molecule has 0 aliphatic heterocycles. The number of rotatable bonds is 5. The zero-order valence-electron chi connectivity index (χ0n) is 29.2. The van der Waals surface area contributed by atoms with Crippen LogP contribution < -0.4 is 0 Å². The smallest absolute Gasteiger partial charge is 0.0716 e. The van der Waals surface area contributed by atoms with Gasteiger partial charge in [-0.3, -0.25) is 0 Å². The first-order valence-electron chi connectivity index (χ1n) is 18.0. The van der Waals surface area contributed by atoms with Crippen LogP contribution in [-0.4, -0.2) is 9.55 Å². The fourth-order valence-electron chi connectivity index (χ4n) is 8.35. The van der Waals surface area contributed by atoms with E-state index in [1.807, 2.05) is 0 Å². The van der Waals surface area contributed by atoms with Crippen molar-refractivity contribution in [2.75, 3.05) is 0 Å². The Kier molecular flexibility index (Phi) is 6.87. The van der Waals surface area contributed by atoms with E-state index in [1.165, 1.54) is 55.2 Å². The van der Waals surface area contributed by atoms with Gasteiger partial charge in [-0.2, -0.15) is 0 Å². The van der Waals surface area contributed by atoms with Crippen LogP contribution >= 0.6 is 0 Å². The molecule has 7 aromatic carbocycles. The van der Waals surface area contributed by atoms with Gasteiger partial charge in [0.1, 0.15) is 0 Å². The Morgan fingerprint density at radius 1 is 0.385 bits per heavy atom. The van der Waals surface area contributed by atoms with Gasteiger partial charge in [0.05, 0.1) is 22.4 Å². The van der Waals surface area contributed by atoms with Crippen LogP contribution in [0.1, 0.15) is 25.0 Å². The lowest BCUT2D eigenvalue weighted by atomic mass is 9.82. The van der Waals surface area contributed by atoms with E-state index in [-0.39, 0.29) is 5.41 Å². The number of nitrogens with zero attached hydrogens (tertiary/aromatic N) is 2. The van der Waals surface area contributed by atoms with Gasteiger partial charge in [-0.25, -0.2) is 4.98 Å². The lowest BCUT2D eigenvalue weighted by Gasteiger charge is -2.21. The van der Waals surface area contributed by atoms with Crippen LogP contribution in [0.3, 0.4) is 0 Å². The standard InChI is InChI=1S/C50H36N2/c1-50(2)44-21-13-12-20-40(44)42-28-35(23-26-45(42)50)36-24-27-48-43(29-36)41-25-22-37(32-49(41)52(48)39-18-10-5-11-19-39)47-31-38(33-14-6-3-7-15-33)30-46(51-47)34-16-8-4-9-17-34/h3-32H,1-2H3. The van der Waals surface area contributed by atoms with E-state index in [0.29, 0.717) is 0 Å². The van der Waals surface area contributed by atoms with E-state index in [4.69, 9.17) is 4.98 Å². The van der Waals surface area contributed by atoms with E-state index in [1.54, 1.807) is 0 Å². The van der Waals surface area contributed by atoms with Crippen molar-refractivity contribution in [2.24, 2.45) is 0 Å². The lowest BCUT2D eigenvalue weighted by Crippen LogP contribution is -2.14. The average Bonchev–Trinajstić information content (AvgIpc) is 3.66. The zero-order chi connectivity index (χ0) is 34.8. The summed E-state index contributed by atoms with van der Waals surface area (Å²) < 4.78 is 2.40. The van der Waals surface area contributed by atoms with Crippen molar-refractivity contribution in [3.8, 4) is 61.6 Å². The molecule has 1 aliphatic carbocycles. The molecule has 2 heterocycles. The summed E-state index contributed by atoms with van der Waals surface area (Å²) in [5, 5.41) is 2.46. The van der Waals surface area contributed by atoms with E-state index in [9.17, 15) is 0 Å². The molecular weight excluding hydrogens is 629 g/mol. The highest BCUT2D eigenvalue weighted by molar-refractivity contribution is 6.11. The van der Waals surface area contributed by atoms with E-state index in [2.05, 4.69) is 200 Å². The molecule has 10 rings (SSSR count). The second kappa shape index (κ2) is 11.8. The molecule has 0 amide bonds. The van der Waals surface area contributed by atoms with Gasteiger partial charge < -0.3 is 4.57 Å². The third-order valence-corrected chi connectivity index (χ3v) is 11.0. The van der Waals surface area contributed by atoms with Crippen molar-refractivity contribution >= 4 is 21.8 Å². The molecule has 0 bridgehead atoms. The van der Waals surface area contributed by atoms with Crippen molar-refractivity contribution in [3.05, 3.63) is 193 Å². The maximum atomic E-state index is 5.26. The molecule has 0 atom stereocenters. The third kappa shape index (κ3) is 4.83. The summed E-state index contributed by atoms with van der Waals surface area (Å²) in [6.45, 7) is 4.68. The van der Waals surface area contributed by atoms with Crippen molar-refractivity contribution in [1.29, 1.82) is 0 Å². The summed E-state index contributed by atoms with van der Waals surface area (Å²) in [6, 6.07) is 65.9. The highest BCUT2D eigenvalue weighted by atomic mass is 15.0. The lowest BCUT2D eigenvalue weighted by molar-refractivity contribution is 0.660. The van der Waals surface area contributed by atoms with Crippen molar-refractivity contribution in [2.45, 2.75) is 19.3 Å². The van der Waals surface area contributed by atoms with Gasteiger partial charge >= 0.3 is 0 Å². The van der Waals surface area contributed by atoms with Gasteiger partial charge in [0.25, 0.3) is 0 Å². The van der Waals surface area contributed by atoms with E-state index >= 15 is 0 Å². The quantitative estimate of drug-likeness (QED) is 0.179. The monoisotopic (exact) mass is 664 g/mol. The fraction of sp³-hybridized carbons (Fsp3) is 0.0600. The fourth-order valence-corrected chi connectivity index (χ4v) is 8.35. The van der Waals surface area contributed by atoms with Crippen molar-refractivity contribution in [1.82, 2.24) is 9.55 Å². The van der Waals surface area contributed by atoms with E-state index < -0.39 is 0 Å². The highest BCUT2D eigenvalue weighted by Crippen LogP contribution is 2.49. The number of benzene rings is 7. The second-order valence-corrected chi connectivity index (χ2v) is 14.4. The molecule has 0 saturated heterocycles. The average molecular weight is 665 g/mol. The summed E-state index contributed by atoms with van der Waals surface area (Å²) in [5.74, 6) is 0. The molecule has 0 spiro atoms. The van der Waals surface area contributed by atoms with Crippen LogP contribution in [0.2, 0.25) is 0 Å². The van der Waals surface area contributed by atoms with Gasteiger partial charge in [0.2, 0.25) is 0 Å². The zero-order valence-corrected chi connectivity index (χ0v) is 29.2. The molecule has 0 saturated carbocycles. The minimum Gasteiger partial charge on any atom is -0.309 e. The highest BCUT2D eigenvalue weighted by Gasteiger charge is 2.35. The first-order chi connectivity index (χ1) is 25.5. The Bertz CT molecular complexity index is 2730. The summed E-state index contributed by atoms with van der Waals surface area (Å²) in [6.07, 6.45) is 0. The van der Waals surface area contributed by atoms with Gasteiger partial charge in [-0.1, -0.05) is 147 Å². The molecule has 0 N–H and O–H groups in total. The van der Waals surface area contributed by atoms with Gasteiger partial charge in [0.15, 0.2) is 0 Å². The van der Waals surface area contributed by atoms with Gasteiger partial charge in [-0.05, 0) is 93.0 Å². The van der Waals surface area contributed by atoms with Crippen LogP contribution in [0.5, 0.6) is 0 Å². The predicted octanol–water partition coefficient (Wildman–Crippen LogP) is 13.2. The maximum Gasteiger partial charge on any atom is 0.0716 e. The van der Waals surface area contributed by atoms with Crippen LogP contribution in [0, 0.1) is 0 Å². The maximum absolute atomic E-state index is 5.26. The molecule has 0 fully saturated rings. The van der Waals surface area contributed by atoms with E-state index in [0.717, 1.165) is 39.3 Å². The number of aromatic nitrogens is 2. The summed E-state index contributed by atoms with van der Waals surface area (Å²) in [7, 11) is 0. The second-order valence-electron chi connectivity index (χ2n) is 14.4. The molecule has 0 radical (unpaired) electrons. The number of hydrogen-bond acceptors (Lipinski definition) is 1. The topological polar surface area (TPSA) is 17.8 Å². The Balaban J connectivity index is 1.16. The molecule has 1 aliphatic rings. The summed E-state index contributed by atoms with van der Waals surface area (Å²) in [5.41, 5.74) is 17.9. The molecule has 52 heavy (non-hydrogen) atoms. The first-order valence-corrected chi connectivity index (χ1v) is 18.0. The molecule has 246 valence electrons. The van der Waals surface area contributed by atoms with Crippen LogP contribution in [-0.2, 0) is 5.41 Å². The molecular formula is C50H36N2. The normalized spacial score (nSPS) is 13.0. The Morgan fingerprint density at radius 3 is 1.75 bits per heavy atom. The number of fused-ring (bicyclic) bond motifs is 6. The minimum atomic E-state index is -0.00739. The van der Waals surface area contributed by atoms with Crippen molar-refractivity contribution in [3.63, 3.8) is 0 Å². The summed E-state index contributed by atoms with van der Waals surface area (Å²) >= 11 is 0. The first kappa shape index (κ1) is 30.3. The Hall–Kier alpha value is -6.51. The molecule has 2 aromatic heterocycles. The predicted molar refractivity (Wildman–Crippen MR) is 218 cm³/mol. The van der Waals surface area contributed by atoms with Crippen molar-refractivity contribution < 1.29 is 0 Å². The summed E-state index contributed by atoms with van der Waals surface area (Å²) in [4.78, 5) is 5.26.